The number of halogens is 1. The van der Waals surface area contributed by atoms with Crippen LogP contribution in [-0.4, -0.2) is 80.8 Å². The third kappa shape index (κ3) is 6.12. The lowest BCUT2D eigenvalue weighted by atomic mass is 9.56. The quantitative estimate of drug-likeness (QED) is 0.463. The number of anilines is 1. The number of carbonyl (C=O) groups is 3. The van der Waals surface area contributed by atoms with Crippen LogP contribution in [-0.2, 0) is 30.7 Å². The number of ether oxygens (including phenoxy) is 2. The Morgan fingerprint density at radius 2 is 1.70 bits per heavy atom. The van der Waals surface area contributed by atoms with Crippen LogP contribution in [0.1, 0.15) is 68.3 Å². The number of sulfone groups is 1. The van der Waals surface area contributed by atoms with E-state index >= 15 is 4.39 Å². The molecule has 3 aliphatic carbocycles. The van der Waals surface area contributed by atoms with Gasteiger partial charge >= 0.3 is 0 Å². The summed E-state index contributed by atoms with van der Waals surface area (Å²) in [5.74, 6) is -2.24. The van der Waals surface area contributed by atoms with Gasteiger partial charge in [-0.2, -0.15) is 0 Å². The van der Waals surface area contributed by atoms with Crippen LogP contribution in [0.4, 0.5) is 10.1 Å². The van der Waals surface area contributed by atoms with Crippen LogP contribution in [0.25, 0.3) is 0 Å². The molecule has 1 saturated heterocycles. The van der Waals surface area contributed by atoms with Gasteiger partial charge in [0.25, 0.3) is 5.91 Å². The fraction of sp³-hybridized carbons (Fsp3) is 0.545. The first-order chi connectivity index (χ1) is 21.8. The highest BCUT2D eigenvalue weighted by Gasteiger charge is 2.54. The van der Waals surface area contributed by atoms with Gasteiger partial charge in [0.15, 0.2) is 9.84 Å². The normalized spacial score (nSPS) is 27.2. The first-order valence-corrected chi connectivity index (χ1v) is 17.6. The van der Waals surface area contributed by atoms with Crippen molar-refractivity contribution in [3.8, 4) is 5.75 Å². The van der Waals surface area contributed by atoms with E-state index in [0.717, 1.165) is 12.1 Å². The molecule has 3 N–H and O–H groups in total. The Hall–Kier alpha value is -3.55. The Morgan fingerprint density at radius 3 is 2.30 bits per heavy atom. The average molecular weight is 657 g/mol. The highest BCUT2D eigenvalue weighted by Crippen LogP contribution is 2.53. The van der Waals surface area contributed by atoms with Crippen molar-refractivity contribution in [1.29, 1.82) is 0 Å². The van der Waals surface area contributed by atoms with Gasteiger partial charge in [0.2, 0.25) is 11.8 Å². The van der Waals surface area contributed by atoms with Crippen molar-refractivity contribution in [2.75, 3.05) is 37.0 Å². The van der Waals surface area contributed by atoms with Crippen LogP contribution in [0.5, 0.6) is 5.75 Å². The lowest BCUT2D eigenvalue weighted by molar-refractivity contribution is -0.153. The van der Waals surface area contributed by atoms with E-state index in [0.29, 0.717) is 76.1 Å². The number of nitrogens with two attached hydrogens (primary N) is 1. The van der Waals surface area contributed by atoms with Crippen molar-refractivity contribution in [1.82, 2.24) is 10.2 Å². The van der Waals surface area contributed by atoms with Gasteiger partial charge in [-0.05, 0) is 82.2 Å². The highest BCUT2D eigenvalue weighted by molar-refractivity contribution is 7.91. The SMILES string of the molecule is CC(C)Oc1ccc(CN2C(=O)[C@@H](N)CS(=O)(=O)c3cc(F)c(C(=O)NC45CCC(C(=O)N6CCOCC6)(CC4)CC5)cc32)cc1. The number of morpholine rings is 1. The van der Waals surface area contributed by atoms with Gasteiger partial charge in [0, 0.05) is 24.0 Å². The minimum atomic E-state index is -4.16. The maximum Gasteiger partial charge on any atom is 0.254 e. The Balaban J connectivity index is 1.25. The summed E-state index contributed by atoms with van der Waals surface area (Å²) in [7, 11) is -4.16. The molecule has 3 saturated carbocycles. The van der Waals surface area contributed by atoms with Crippen LogP contribution in [0.15, 0.2) is 41.3 Å². The molecule has 2 heterocycles. The fourth-order valence-corrected chi connectivity index (χ4v) is 8.85. The van der Waals surface area contributed by atoms with E-state index in [-0.39, 0.29) is 34.7 Å². The zero-order valence-electron chi connectivity index (χ0n) is 26.2. The molecule has 0 spiro atoms. The molecule has 7 rings (SSSR count). The summed E-state index contributed by atoms with van der Waals surface area (Å²) in [6.07, 6.45) is 3.55. The summed E-state index contributed by atoms with van der Waals surface area (Å²) in [6.45, 7) is 5.98. The standard InChI is InChI=1S/C33H41FN4O7S/c1-21(2)45-23-5-3-22(4-6-23)19-38-27-17-24(25(34)18-28(27)46(42,43)20-26(35)30(38)40)29(39)36-33-10-7-32(8-11-33,9-12-33)31(41)37-13-15-44-16-14-37/h3-6,17-18,21,26H,7-16,19-20,35H2,1-2H3,(H,36,39)/t26-,32?,33?/m0/s1. The van der Waals surface area contributed by atoms with Gasteiger partial charge in [0.05, 0.1) is 53.8 Å². The third-order valence-electron chi connectivity index (χ3n) is 9.91. The molecule has 13 heteroatoms. The number of rotatable bonds is 7. The van der Waals surface area contributed by atoms with Gasteiger partial charge < -0.3 is 30.3 Å². The number of fused-ring (bicyclic) bond motifs is 4. The van der Waals surface area contributed by atoms with Crippen LogP contribution in [0.2, 0.25) is 0 Å². The van der Waals surface area contributed by atoms with Crippen molar-refractivity contribution < 1.29 is 36.7 Å². The van der Waals surface area contributed by atoms with Crippen molar-refractivity contribution in [3.63, 3.8) is 0 Å². The zero-order chi connectivity index (χ0) is 32.9. The second kappa shape index (κ2) is 12.2. The summed E-state index contributed by atoms with van der Waals surface area (Å²) in [5.41, 5.74) is 5.20. The third-order valence-corrected chi connectivity index (χ3v) is 11.7. The number of hydrogen-bond donors (Lipinski definition) is 2. The van der Waals surface area contributed by atoms with Crippen LogP contribution >= 0.6 is 0 Å². The molecule has 0 aromatic heterocycles. The van der Waals surface area contributed by atoms with E-state index in [2.05, 4.69) is 5.32 Å². The molecule has 0 radical (unpaired) electrons. The number of nitrogens with zero attached hydrogens (tertiary/aromatic N) is 2. The molecule has 11 nitrogen and oxygen atoms in total. The smallest absolute Gasteiger partial charge is 0.254 e. The molecule has 2 aromatic rings. The molecule has 2 aromatic carbocycles. The Morgan fingerprint density at radius 1 is 1.07 bits per heavy atom. The van der Waals surface area contributed by atoms with E-state index < -0.39 is 50.2 Å². The Labute approximate surface area is 268 Å². The second-order valence-electron chi connectivity index (χ2n) is 13.3. The van der Waals surface area contributed by atoms with Crippen LogP contribution in [0, 0.1) is 11.2 Å². The van der Waals surface area contributed by atoms with Crippen molar-refractivity contribution in [2.24, 2.45) is 11.1 Å². The Bertz CT molecular complexity index is 1620. The summed E-state index contributed by atoms with van der Waals surface area (Å²) < 4.78 is 53.3. The van der Waals surface area contributed by atoms with Crippen LogP contribution in [0.3, 0.4) is 0 Å². The van der Waals surface area contributed by atoms with Gasteiger partial charge in [-0.3, -0.25) is 14.4 Å². The minimum absolute atomic E-state index is 0.0329. The summed E-state index contributed by atoms with van der Waals surface area (Å²) in [4.78, 5) is 43.3. The highest BCUT2D eigenvalue weighted by atomic mass is 32.2. The monoisotopic (exact) mass is 656 g/mol. The molecule has 46 heavy (non-hydrogen) atoms. The minimum Gasteiger partial charge on any atom is -0.491 e. The maximum absolute atomic E-state index is 15.6. The van der Waals surface area contributed by atoms with Gasteiger partial charge in [-0.1, -0.05) is 12.1 Å². The maximum atomic E-state index is 15.6. The lowest BCUT2D eigenvalue weighted by Crippen LogP contribution is -2.60. The van der Waals surface area contributed by atoms with Gasteiger partial charge in [0.1, 0.15) is 11.6 Å². The first-order valence-electron chi connectivity index (χ1n) is 15.9. The topological polar surface area (TPSA) is 148 Å². The number of hydrogen-bond acceptors (Lipinski definition) is 8. The van der Waals surface area contributed by atoms with E-state index in [1.54, 1.807) is 24.3 Å². The molecule has 4 fully saturated rings. The zero-order valence-corrected chi connectivity index (χ0v) is 27.0. The number of carbonyl (C=O) groups excluding carboxylic acids is 3. The lowest BCUT2D eigenvalue weighted by Gasteiger charge is -2.54. The van der Waals surface area contributed by atoms with E-state index in [1.165, 1.54) is 4.90 Å². The van der Waals surface area contributed by atoms with E-state index in [1.807, 2.05) is 18.7 Å². The number of amides is 3. The fourth-order valence-electron chi connectivity index (χ4n) is 7.29. The predicted octanol–water partition coefficient (Wildman–Crippen LogP) is 2.94. The molecule has 248 valence electrons. The first kappa shape index (κ1) is 32.4. The molecule has 2 bridgehead atoms. The number of benzene rings is 2. The van der Waals surface area contributed by atoms with E-state index in [9.17, 15) is 22.8 Å². The summed E-state index contributed by atoms with van der Waals surface area (Å²) in [6, 6.07) is 7.60. The molecule has 2 aliphatic heterocycles. The Kier molecular flexibility index (Phi) is 8.62. The molecule has 0 unspecified atom stereocenters. The van der Waals surface area contributed by atoms with Crippen LogP contribution < -0.4 is 20.7 Å². The molecule has 5 aliphatic rings. The number of nitrogens with one attached hydrogen (secondary N) is 1. The van der Waals surface area contributed by atoms with Crippen molar-refractivity contribution in [2.45, 2.75) is 81.5 Å². The molecular formula is C33H41FN4O7S. The van der Waals surface area contributed by atoms with Gasteiger partial charge in [-0.15, -0.1) is 0 Å². The summed E-state index contributed by atoms with van der Waals surface area (Å²) in [5, 5.41) is 3.05. The largest absolute Gasteiger partial charge is 0.491 e. The molecule has 3 amide bonds. The predicted molar refractivity (Wildman–Crippen MR) is 168 cm³/mol. The van der Waals surface area contributed by atoms with E-state index in [4.69, 9.17) is 15.2 Å². The van der Waals surface area contributed by atoms with Crippen molar-refractivity contribution >= 4 is 33.2 Å². The van der Waals surface area contributed by atoms with Crippen molar-refractivity contribution in [3.05, 3.63) is 53.3 Å². The summed E-state index contributed by atoms with van der Waals surface area (Å²) >= 11 is 0. The molecular weight excluding hydrogens is 615 g/mol. The average Bonchev–Trinajstić information content (AvgIpc) is 3.10. The van der Waals surface area contributed by atoms with Gasteiger partial charge in [-0.25, -0.2) is 12.8 Å². The second-order valence-corrected chi connectivity index (χ2v) is 15.3. The molecule has 1 atom stereocenters.